The molecule has 8 nitrogen and oxygen atoms in total. The monoisotopic (exact) mass is 335 g/mol. The lowest BCUT2D eigenvalue weighted by Crippen LogP contribution is -2.49. The van der Waals surface area contributed by atoms with Crippen molar-refractivity contribution in [2.24, 2.45) is 0 Å². The zero-order chi connectivity index (χ0) is 17.1. The lowest BCUT2D eigenvalue weighted by molar-refractivity contribution is 0.0740. The third-order valence-electron chi connectivity index (χ3n) is 4.15. The normalized spacial score (nSPS) is 14.6. The Hall–Kier alpha value is -3.29. The van der Waals surface area contributed by atoms with Crippen molar-refractivity contribution in [3.63, 3.8) is 0 Å². The first-order chi connectivity index (χ1) is 12.3. The molecule has 0 spiro atoms. The summed E-state index contributed by atoms with van der Waals surface area (Å²) in [4.78, 5) is 20.5. The van der Waals surface area contributed by atoms with E-state index in [4.69, 9.17) is 0 Å². The number of hydrogen-bond donors (Lipinski definition) is 0. The van der Waals surface area contributed by atoms with E-state index in [1.807, 2.05) is 35.4 Å². The van der Waals surface area contributed by atoms with Crippen LogP contribution >= 0.6 is 0 Å². The van der Waals surface area contributed by atoms with E-state index >= 15 is 0 Å². The standard InChI is InChI=1S/C17H17N7O/c25-17(14-4-1-2-7-18-14)23-12-10-22(11-13-23)15-5-6-16(21-20-15)24-9-3-8-19-24/h1-9H,10-13H2. The van der Waals surface area contributed by atoms with Gasteiger partial charge in [-0.05, 0) is 30.3 Å². The highest BCUT2D eigenvalue weighted by Crippen LogP contribution is 2.15. The van der Waals surface area contributed by atoms with Crippen LogP contribution in [0.25, 0.3) is 5.82 Å². The molecule has 0 radical (unpaired) electrons. The van der Waals surface area contributed by atoms with E-state index in [1.54, 1.807) is 29.2 Å². The van der Waals surface area contributed by atoms with E-state index in [1.165, 1.54) is 0 Å². The fourth-order valence-corrected chi connectivity index (χ4v) is 2.80. The number of piperazine rings is 1. The first-order valence-electron chi connectivity index (χ1n) is 8.10. The fraction of sp³-hybridized carbons (Fsp3) is 0.235. The van der Waals surface area contributed by atoms with Crippen LogP contribution in [0.1, 0.15) is 10.5 Å². The first kappa shape index (κ1) is 15.3. The molecule has 1 aliphatic heterocycles. The molecular weight excluding hydrogens is 318 g/mol. The Morgan fingerprint density at radius 2 is 1.68 bits per heavy atom. The second-order valence-corrected chi connectivity index (χ2v) is 5.69. The van der Waals surface area contributed by atoms with Gasteiger partial charge < -0.3 is 9.80 Å². The minimum Gasteiger partial charge on any atom is -0.352 e. The second-order valence-electron chi connectivity index (χ2n) is 5.69. The van der Waals surface area contributed by atoms with Crippen molar-refractivity contribution >= 4 is 11.7 Å². The maximum absolute atomic E-state index is 12.4. The zero-order valence-corrected chi connectivity index (χ0v) is 13.6. The predicted octanol–water partition coefficient (Wildman–Crippen LogP) is 1.02. The van der Waals surface area contributed by atoms with E-state index < -0.39 is 0 Å². The molecule has 1 aliphatic rings. The highest BCUT2D eigenvalue weighted by Gasteiger charge is 2.23. The number of nitrogens with zero attached hydrogens (tertiary/aromatic N) is 7. The summed E-state index contributed by atoms with van der Waals surface area (Å²) >= 11 is 0. The summed E-state index contributed by atoms with van der Waals surface area (Å²) in [6, 6.07) is 11.0. The Kier molecular flexibility index (Phi) is 4.07. The summed E-state index contributed by atoms with van der Waals surface area (Å²) in [6.45, 7) is 2.71. The van der Waals surface area contributed by atoms with Gasteiger partial charge >= 0.3 is 0 Å². The van der Waals surface area contributed by atoms with Gasteiger partial charge in [-0.1, -0.05) is 6.07 Å². The van der Waals surface area contributed by atoms with Crippen molar-refractivity contribution < 1.29 is 4.79 Å². The molecule has 0 aliphatic carbocycles. The molecular formula is C17H17N7O. The average Bonchev–Trinajstić information content (AvgIpc) is 3.23. The van der Waals surface area contributed by atoms with Crippen LogP contribution < -0.4 is 4.90 Å². The van der Waals surface area contributed by atoms with Gasteiger partial charge in [-0.2, -0.15) is 5.10 Å². The molecule has 4 rings (SSSR count). The molecule has 0 N–H and O–H groups in total. The van der Waals surface area contributed by atoms with Gasteiger partial charge in [-0.25, -0.2) is 4.68 Å². The Balaban J connectivity index is 1.39. The number of amides is 1. The summed E-state index contributed by atoms with van der Waals surface area (Å²) < 4.78 is 1.67. The highest BCUT2D eigenvalue weighted by atomic mass is 16.2. The smallest absolute Gasteiger partial charge is 0.272 e. The van der Waals surface area contributed by atoms with Crippen LogP contribution in [0, 0.1) is 0 Å². The lowest BCUT2D eigenvalue weighted by Gasteiger charge is -2.35. The Bertz CT molecular complexity index is 825. The third-order valence-corrected chi connectivity index (χ3v) is 4.15. The maximum Gasteiger partial charge on any atom is 0.272 e. The van der Waals surface area contributed by atoms with Crippen LogP contribution in [-0.2, 0) is 0 Å². The third kappa shape index (κ3) is 3.18. The van der Waals surface area contributed by atoms with Crippen LogP contribution in [0.5, 0.6) is 0 Å². The summed E-state index contributed by atoms with van der Waals surface area (Å²) in [6.07, 6.45) is 5.17. The number of pyridine rings is 1. The molecule has 0 atom stereocenters. The molecule has 0 aromatic carbocycles. The minimum absolute atomic E-state index is 0.0274. The number of aromatic nitrogens is 5. The molecule has 3 aromatic heterocycles. The molecule has 0 unspecified atom stereocenters. The van der Waals surface area contributed by atoms with Crippen molar-refractivity contribution in [2.75, 3.05) is 31.1 Å². The summed E-state index contributed by atoms with van der Waals surface area (Å²) in [5, 5.41) is 12.6. The molecule has 1 fully saturated rings. The number of rotatable bonds is 3. The summed E-state index contributed by atoms with van der Waals surface area (Å²) in [5.74, 6) is 1.46. The first-order valence-corrected chi connectivity index (χ1v) is 8.10. The van der Waals surface area contributed by atoms with Gasteiger partial charge in [0.25, 0.3) is 5.91 Å². The van der Waals surface area contributed by atoms with E-state index in [9.17, 15) is 4.79 Å². The Morgan fingerprint density at radius 3 is 2.32 bits per heavy atom. The maximum atomic E-state index is 12.4. The molecule has 0 bridgehead atoms. The van der Waals surface area contributed by atoms with Gasteiger partial charge in [-0.15, -0.1) is 10.2 Å². The van der Waals surface area contributed by atoms with E-state index in [2.05, 4.69) is 25.2 Å². The van der Waals surface area contributed by atoms with Crippen molar-refractivity contribution in [3.05, 3.63) is 60.7 Å². The van der Waals surface area contributed by atoms with Crippen molar-refractivity contribution in [1.82, 2.24) is 29.9 Å². The van der Waals surface area contributed by atoms with Gasteiger partial charge in [0.2, 0.25) is 0 Å². The van der Waals surface area contributed by atoms with E-state index in [0.29, 0.717) is 37.7 Å². The quantitative estimate of drug-likeness (QED) is 0.711. The van der Waals surface area contributed by atoms with Crippen LogP contribution in [0.15, 0.2) is 55.0 Å². The van der Waals surface area contributed by atoms with E-state index in [-0.39, 0.29) is 5.91 Å². The fourth-order valence-electron chi connectivity index (χ4n) is 2.80. The average molecular weight is 335 g/mol. The van der Waals surface area contributed by atoms with Gasteiger partial charge in [0.1, 0.15) is 5.69 Å². The number of anilines is 1. The molecule has 1 saturated heterocycles. The van der Waals surface area contributed by atoms with Crippen molar-refractivity contribution in [3.8, 4) is 5.82 Å². The van der Waals surface area contributed by atoms with Gasteiger partial charge in [0, 0.05) is 44.8 Å². The SMILES string of the molecule is O=C(c1ccccn1)N1CCN(c2ccc(-n3cccn3)nn2)CC1. The van der Waals surface area contributed by atoms with Crippen molar-refractivity contribution in [1.29, 1.82) is 0 Å². The zero-order valence-electron chi connectivity index (χ0n) is 13.6. The Morgan fingerprint density at radius 1 is 0.880 bits per heavy atom. The summed E-state index contributed by atoms with van der Waals surface area (Å²) in [7, 11) is 0. The number of hydrogen-bond acceptors (Lipinski definition) is 6. The molecule has 8 heteroatoms. The topological polar surface area (TPSA) is 80.0 Å². The predicted molar refractivity (Wildman–Crippen MR) is 91.5 cm³/mol. The molecule has 0 saturated carbocycles. The Labute approximate surface area is 144 Å². The molecule has 3 aromatic rings. The van der Waals surface area contributed by atoms with Crippen LogP contribution in [-0.4, -0.2) is 61.9 Å². The molecule has 25 heavy (non-hydrogen) atoms. The van der Waals surface area contributed by atoms with Gasteiger partial charge in [0.15, 0.2) is 11.6 Å². The van der Waals surface area contributed by atoms with Gasteiger partial charge in [-0.3, -0.25) is 9.78 Å². The van der Waals surface area contributed by atoms with Crippen LogP contribution in [0.4, 0.5) is 5.82 Å². The molecule has 126 valence electrons. The van der Waals surface area contributed by atoms with E-state index in [0.717, 1.165) is 5.82 Å². The summed E-state index contributed by atoms with van der Waals surface area (Å²) in [5.41, 5.74) is 0.485. The lowest BCUT2D eigenvalue weighted by atomic mass is 10.2. The van der Waals surface area contributed by atoms with Gasteiger partial charge in [0.05, 0.1) is 0 Å². The second kappa shape index (κ2) is 6.68. The highest BCUT2D eigenvalue weighted by molar-refractivity contribution is 5.92. The number of carbonyl (C=O) groups is 1. The minimum atomic E-state index is -0.0274. The van der Waals surface area contributed by atoms with Crippen molar-refractivity contribution in [2.45, 2.75) is 0 Å². The molecule has 4 heterocycles. The molecule has 1 amide bonds. The van der Waals surface area contributed by atoms with Crippen LogP contribution in [0.3, 0.4) is 0 Å². The van der Waals surface area contributed by atoms with Crippen LogP contribution in [0.2, 0.25) is 0 Å². The number of carbonyl (C=O) groups excluding carboxylic acids is 1. The largest absolute Gasteiger partial charge is 0.352 e.